The lowest BCUT2D eigenvalue weighted by atomic mass is 10.0. The number of esters is 2. The van der Waals surface area contributed by atoms with E-state index in [0.29, 0.717) is 5.02 Å². The van der Waals surface area contributed by atoms with Gasteiger partial charge in [0.1, 0.15) is 6.61 Å². The Hall–Kier alpha value is -2.80. The quantitative estimate of drug-likeness (QED) is 0.585. The van der Waals surface area contributed by atoms with E-state index in [4.69, 9.17) is 21.1 Å². The van der Waals surface area contributed by atoms with Gasteiger partial charge in [0.25, 0.3) is 0 Å². The van der Waals surface area contributed by atoms with Crippen LogP contribution in [-0.4, -0.2) is 37.2 Å². The first-order chi connectivity index (χ1) is 12.4. The Morgan fingerprint density at radius 3 is 2.58 bits per heavy atom. The summed E-state index contributed by atoms with van der Waals surface area (Å²) in [6.07, 6.45) is 2.82. The molecule has 1 heterocycles. The number of benzene rings is 1. The van der Waals surface area contributed by atoms with Crippen molar-refractivity contribution in [1.82, 2.24) is 10.6 Å². The van der Waals surface area contributed by atoms with Gasteiger partial charge < -0.3 is 20.1 Å². The van der Waals surface area contributed by atoms with E-state index in [1.54, 1.807) is 44.2 Å². The molecule has 2 N–H and O–H groups in total. The number of ether oxygens (including phenoxy) is 2. The molecule has 1 aromatic carbocycles. The van der Waals surface area contributed by atoms with Gasteiger partial charge in [-0.3, -0.25) is 0 Å². The lowest BCUT2D eigenvalue weighted by molar-refractivity contribution is -0.140. The van der Waals surface area contributed by atoms with Crippen LogP contribution >= 0.6 is 11.6 Å². The van der Waals surface area contributed by atoms with Crippen molar-refractivity contribution in [3.8, 4) is 0 Å². The van der Waals surface area contributed by atoms with Crippen molar-refractivity contribution in [2.24, 2.45) is 0 Å². The number of carbonyl (C=O) groups is 3. The number of rotatable bonds is 6. The van der Waals surface area contributed by atoms with Crippen molar-refractivity contribution >= 4 is 35.6 Å². The zero-order valence-corrected chi connectivity index (χ0v) is 15.1. The highest BCUT2D eigenvalue weighted by atomic mass is 35.5. The second-order valence-electron chi connectivity index (χ2n) is 5.43. The average molecular weight is 379 g/mol. The van der Waals surface area contributed by atoms with Crippen LogP contribution in [0.3, 0.4) is 0 Å². The van der Waals surface area contributed by atoms with Crippen molar-refractivity contribution in [2.45, 2.75) is 19.9 Å². The minimum Gasteiger partial charge on any atom is -0.463 e. The zero-order chi connectivity index (χ0) is 19.1. The fraction of sp³-hybridized carbons (Fsp3) is 0.278. The smallest absolute Gasteiger partial charge is 0.338 e. The maximum atomic E-state index is 12.1. The SMILES string of the molecule is CCOC(=O)C1=C(COC(=O)C=Cc2ccc(Cl)cc2)NC(=O)NC1C. The summed E-state index contributed by atoms with van der Waals surface area (Å²) < 4.78 is 10.1. The summed E-state index contributed by atoms with van der Waals surface area (Å²) in [5.41, 5.74) is 1.20. The summed E-state index contributed by atoms with van der Waals surface area (Å²) in [5.74, 6) is -1.19. The lowest BCUT2D eigenvalue weighted by Gasteiger charge is -2.26. The Bertz CT molecular complexity index is 755. The molecule has 0 aliphatic carbocycles. The van der Waals surface area contributed by atoms with Crippen LogP contribution in [0.2, 0.25) is 5.02 Å². The number of carbonyl (C=O) groups excluding carboxylic acids is 3. The summed E-state index contributed by atoms with van der Waals surface area (Å²) in [6.45, 7) is 3.27. The predicted octanol–water partition coefficient (Wildman–Crippen LogP) is 2.41. The molecule has 1 aliphatic rings. The van der Waals surface area contributed by atoms with Gasteiger partial charge in [-0.2, -0.15) is 0 Å². The Morgan fingerprint density at radius 1 is 1.23 bits per heavy atom. The maximum absolute atomic E-state index is 12.1. The summed E-state index contributed by atoms with van der Waals surface area (Å²) in [5, 5.41) is 5.64. The van der Waals surface area contributed by atoms with E-state index in [0.717, 1.165) is 5.56 Å². The second-order valence-corrected chi connectivity index (χ2v) is 5.86. The van der Waals surface area contributed by atoms with Crippen LogP contribution in [-0.2, 0) is 19.1 Å². The van der Waals surface area contributed by atoms with E-state index in [2.05, 4.69) is 10.6 Å². The van der Waals surface area contributed by atoms with E-state index in [1.165, 1.54) is 6.08 Å². The first-order valence-corrected chi connectivity index (χ1v) is 8.36. The van der Waals surface area contributed by atoms with Crippen LogP contribution in [0, 0.1) is 0 Å². The molecule has 0 aromatic heterocycles. The molecule has 1 unspecified atom stereocenters. The van der Waals surface area contributed by atoms with Gasteiger partial charge in [0.2, 0.25) is 0 Å². The molecule has 26 heavy (non-hydrogen) atoms. The molecule has 8 heteroatoms. The van der Waals surface area contributed by atoms with Crippen molar-refractivity contribution in [3.63, 3.8) is 0 Å². The van der Waals surface area contributed by atoms with Crippen LogP contribution < -0.4 is 10.6 Å². The number of nitrogens with one attached hydrogen (secondary N) is 2. The van der Waals surface area contributed by atoms with Gasteiger partial charge in [0.05, 0.1) is 23.9 Å². The van der Waals surface area contributed by atoms with E-state index < -0.39 is 24.0 Å². The first kappa shape index (κ1) is 19.5. The molecular weight excluding hydrogens is 360 g/mol. The highest BCUT2D eigenvalue weighted by Crippen LogP contribution is 2.15. The topological polar surface area (TPSA) is 93.7 Å². The van der Waals surface area contributed by atoms with Crippen LogP contribution in [0.25, 0.3) is 6.08 Å². The Labute approximate surface area is 156 Å². The van der Waals surface area contributed by atoms with Gasteiger partial charge >= 0.3 is 18.0 Å². The fourth-order valence-electron chi connectivity index (χ4n) is 2.32. The van der Waals surface area contributed by atoms with E-state index in [9.17, 15) is 14.4 Å². The van der Waals surface area contributed by atoms with Gasteiger partial charge in [0, 0.05) is 11.1 Å². The molecule has 1 aliphatic heterocycles. The molecule has 7 nitrogen and oxygen atoms in total. The number of amides is 2. The highest BCUT2D eigenvalue weighted by Gasteiger charge is 2.30. The molecule has 1 aromatic rings. The molecule has 0 bridgehead atoms. The molecule has 138 valence electrons. The third-order valence-corrected chi connectivity index (χ3v) is 3.76. The molecule has 0 saturated carbocycles. The summed E-state index contributed by atoms with van der Waals surface area (Å²) in [7, 11) is 0. The normalized spacial score (nSPS) is 16.9. The molecule has 2 rings (SSSR count). The highest BCUT2D eigenvalue weighted by molar-refractivity contribution is 6.30. The number of hydrogen-bond donors (Lipinski definition) is 2. The maximum Gasteiger partial charge on any atom is 0.338 e. The van der Waals surface area contributed by atoms with Crippen molar-refractivity contribution in [1.29, 1.82) is 0 Å². The number of hydrogen-bond acceptors (Lipinski definition) is 5. The number of halogens is 1. The van der Waals surface area contributed by atoms with Gasteiger partial charge in [-0.1, -0.05) is 23.7 Å². The third-order valence-electron chi connectivity index (χ3n) is 3.51. The van der Waals surface area contributed by atoms with Crippen LogP contribution in [0.1, 0.15) is 19.4 Å². The minimum atomic E-state index is -0.615. The van der Waals surface area contributed by atoms with E-state index >= 15 is 0 Å². The van der Waals surface area contributed by atoms with Crippen LogP contribution in [0.15, 0.2) is 41.6 Å². The summed E-state index contributed by atoms with van der Waals surface area (Å²) >= 11 is 5.80. The molecule has 0 spiro atoms. The standard InChI is InChI=1S/C18H19ClN2O5/c1-3-25-17(23)16-11(2)20-18(24)21-14(16)10-26-15(22)9-6-12-4-7-13(19)8-5-12/h4-9,11H,3,10H2,1-2H3,(H2,20,21,24). The van der Waals surface area contributed by atoms with Gasteiger partial charge in [-0.05, 0) is 37.6 Å². The van der Waals surface area contributed by atoms with Gasteiger partial charge in [-0.15, -0.1) is 0 Å². The molecule has 0 fully saturated rings. The second kappa shape index (κ2) is 9.05. The molecule has 1 atom stereocenters. The Balaban J connectivity index is 2.05. The van der Waals surface area contributed by atoms with E-state index in [-0.39, 0.29) is 24.5 Å². The van der Waals surface area contributed by atoms with Crippen LogP contribution in [0.4, 0.5) is 4.79 Å². The van der Waals surface area contributed by atoms with Gasteiger partial charge in [0.15, 0.2) is 0 Å². The lowest BCUT2D eigenvalue weighted by Crippen LogP contribution is -2.50. The fourth-order valence-corrected chi connectivity index (χ4v) is 2.45. The Morgan fingerprint density at radius 2 is 1.92 bits per heavy atom. The average Bonchev–Trinajstić information content (AvgIpc) is 2.59. The molecule has 2 amide bonds. The predicted molar refractivity (Wildman–Crippen MR) is 96.2 cm³/mol. The molecule has 0 radical (unpaired) electrons. The molecule has 0 saturated heterocycles. The van der Waals surface area contributed by atoms with E-state index in [1.807, 2.05) is 0 Å². The minimum absolute atomic E-state index is 0.194. The van der Waals surface area contributed by atoms with Gasteiger partial charge in [-0.25, -0.2) is 14.4 Å². The summed E-state index contributed by atoms with van der Waals surface area (Å²) in [6, 6.07) is 5.88. The van der Waals surface area contributed by atoms with Crippen molar-refractivity contribution < 1.29 is 23.9 Å². The monoisotopic (exact) mass is 378 g/mol. The first-order valence-electron chi connectivity index (χ1n) is 7.98. The third kappa shape index (κ3) is 5.35. The Kier molecular flexibility index (Phi) is 6.80. The molecular formula is C18H19ClN2O5. The number of urea groups is 1. The van der Waals surface area contributed by atoms with Crippen LogP contribution in [0.5, 0.6) is 0 Å². The van der Waals surface area contributed by atoms with Crippen molar-refractivity contribution in [2.75, 3.05) is 13.2 Å². The largest absolute Gasteiger partial charge is 0.463 e. The zero-order valence-electron chi connectivity index (χ0n) is 14.4. The van der Waals surface area contributed by atoms with Crippen molar-refractivity contribution in [3.05, 3.63) is 52.2 Å². The summed E-state index contributed by atoms with van der Waals surface area (Å²) in [4.78, 5) is 35.6.